The van der Waals surface area contributed by atoms with Crippen LogP contribution in [0.25, 0.3) is 16.6 Å². The van der Waals surface area contributed by atoms with E-state index in [2.05, 4.69) is 31.0 Å². The molecule has 0 aliphatic heterocycles. The Bertz CT molecular complexity index is 1430. The van der Waals surface area contributed by atoms with E-state index in [-0.39, 0.29) is 11.3 Å². The highest BCUT2D eigenvalue weighted by Crippen LogP contribution is 2.23. The second-order valence-electron chi connectivity index (χ2n) is 7.98. The number of nitrogens with zero attached hydrogens (tertiary/aromatic N) is 1. The number of para-hydroxylation sites is 1. The highest BCUT2D eigenvalue weighted by atomic mass is 16.5. The Morgan fingerprint density at radius 2 is 1.66 bits per heavy atom. The number of aromatic amines is 1. The number of ether oxygens (including phenoxy) is 1. The molecular weight excluding hydrogens is 404 g/mol. The first kappa shape index (κ1) is 21.3. The van der Waals surface area contributed by atoms with E-state index < -0.39 is 18.1 Å². The van der Waals surface area contributed by atoms with Gasteiger partial charge in [0.2, 0.25) is 11.3 Å². The molecule has 1 N–H and O–H groups in total. The fourth-order valence-corrected chi connectivity index (χ4v) is 3.97. The Labute approximate surface area is 185 Å². The van der Waals surface area contributed by atoms with Gasteiger partial charge < -0.3 is 14.3 Å². The Kier molecular flexibility index (Phi) is 5.53. The lowest BCUT2D eigenvalue weighted by Crippen LogP contribution is -2.17. The number of carbonyl (C=O) groups is 2. The lowest BCUT2D eigenvalue weighted by Gasteiger charge is -2.12. The highest BCUT2D eigenvalue weighted by molar-refractivity contribution is 6.05. The Balaban J connectivity index is 1.57. The number of aromatic nitrogens is 2. The predicted molar refractivity (Wildman–Crippen MR) is 124 cm³/mol. The van der Waals surface area contributed by atoms with Crippen LogP contribution in [0, 0.1) is 27.7 Å². The number of ketones is 1. The van der Waals surface area contributed by atoms with E-state index >= 15 is 0 Å². The molecule has 0 radical (unpaired) electrons. The molecule has 6 nitrogen and oxygen atoms in total. The molecule has 0 amide bonds. The Hall–Kier alpha value is -3.93. The third-order valence-electron chi connectivity index (χ3n) is 5.79. The van der Waals surface area contributed by atoms with Crippen LogP contribution in [-0.4, -0.2) is 27.9 Å². The molecule has 2 aromatic heterocycles. The van der Waals surface area contributed by atoms with Crippen LogP contribution in [0.1, 0.15) is 43.2 Å². The van der Waals surface area contributed by atoms with Crippen molar-refractivity contribution in [3.05, 3.63) is 98.6 Å². The standard InChI is InChI=1S/C26H24N2O4/c1-15-9-10-19(11-16(15)2)28-17(3)12-21(18(28)4)24(29)14-32-26(31)22-13-25(30)27-23-8-6-5-7-20(22)23/h5-13H,14H2,1-4H3,(H,27,30). The van der Waals surface area contributed by atoms with E-state index in [0.717, 1.165) is 17.1 Å². The molecule has 0 saturated carbocycles. The van der Waals surface area contributed by atoms with Crippen LogP contribution < -0.4 is 5.56 Å². The molecule has 2 heterocycles. The summed E-state index contributed by atoms with van der Waals surface area (Å²) in [4.78, 5) is 40.1. The van der Waals surface area contributed by atoms with Gasteiger partial charge in [0.05, 0.1) is 5.56 Å². The molecule has 32 heavy (non-hydrogen) atoms. The van der Waals surface area contributed by atoms with Crippen molar-refractivity contribution in [2.45, 2.75) is 27.7 Å². The monoisotopic (exact) mass is 428 g/mol. The van der Waals surface area contributed by atoms with E-state index in [4.69, 9.17) is 4.74 Å². The summed E-state index contributed by atoms with van der Waals surface area (Å²) in [5.74, 6) is -1.00. The van der Waals surface area contributed by atoms with Gasteiger partial charge >= 0.3 is 5.97 Å². The predicted octanol–water partition coefficient (Wildman–Crippen LogP) is 4.59. The van der Waals surface area contributed by atoms with Crippen LogP contribution in [0.5, 0.6) is 0 Å². The second-order valence-corrected chi connectivity index (χ2v) is 7.98. The third kappa shape index (κ3) is 3.87. The van der Waals surface area contributed by atoms with Gasteiger partial charge in [0.15, 0.2) is 6.61 Å². The molecule has 4 aromatic rings. The molecule has 0 bridgehead atoms. The van der Waals surface area contributed by atoms with E-state index in [0.29, 0.717) is 16.5 Å². The summed E-state index contributed by atoms with van der Waals surface area (Å²) in [6.45, 7) is 7.52. The van der Waals surface area contributed by atoms with Crippen LogP contribution in [-0.2, 0) is 4.74 Å². The van der Waals surface area contributed by atoms with E-state index in [1.54, 1.807) is 24.3 Å². The first-order chi connectivity index (χ1) is 15.3. The largest absolute Gasteiger partial charge is 0.454 e. The van der Waals surface area contributed by atoms with Gasteiger partial charge in [0, 0.05) is 39.6 Å². The summed E-state index contributed by atoms with van der Waals surface area (Å²) in [5, 5.41) is 0.567. The minimum Gasteiger partial charge on any atom is -0.454 e. The van der Waals surface area contributed by atoms with Crippen molar-refractivity contribution < 1.29 is 14.3 Å². The summed E-state index contributed by atoms with van der Waals surface area (Å²) in [5.41, 5.74) is 5.83. The Morgan fingerprint density at radius 1 is 0.906 bits per heavy atom. The van der Waals surface area contributed by atoms with E-state index in [9.17, 15) is 14.4 Å². The third-order valence-corrected chi connectivity index (χ3v) is 5.79. The average Bonchev–Trinajstić information content (AvgIpc) is 3.07. The molecule has 0 fully saturated rings. The number of Topliss-reactive ketones (excluding diaryl/α,β-unsaturated/α-hetero) is 1. The van der Waals surface area contributed by atoms with Crippen molar-refractivity contribution in [3.8, 4) is 5.69 Å². The maximum Gasteiger partial charge on any atom is 0.339 e. The van der Waals surface area contributed by atoms with Crippen LogP contribution >= 0.6 is 0 Å². The summed E-state index contributed by atoms with van der Waals surface area (Å²) >= 11 is 0. The lowest BCUT2D eigenvalue weighted by atomic mass is 10.1. The minimum atomic E-state index is -0.705. The van der Waals surface area contributed by atoms with Crippen LogP contribution in [0.2, 0.25) is 0 Å². The average molecular weight is 428 g/mol. The van der Waals surface area contributed by atoms with Crippen molar-refractivity contribution in [2.24, 2.45) is 0 Å². The van der Waals surface area contributed by atoms with Crippen molar-refractivity contribution in [1.29, 1.82) is 0 Å². The second kappa shape index (κ2) is 8.30. The van der Waals surface area contributed by atoms with Gasteiger partial charge in [-0.2, -0.15) is 0 Å². The quantitative estimate of drug-likeness (QED) is 0.372. The summed E-state index contributed by atoms with van der Waals surface area (Å²) < 4.78 is 7.32. The molecule has 6 heteroatoms. The molecule has 0 aliphatic carbocycles. The Morgan fingerprint density at radius 3 is 2.41 bits per heavy atom. The molecule has 0 unspecified atom stereocenters. The van der Waals surface area contributed by atoms with Crippen molar-refractivity contribution in [2.75, 3.05) is 6.61 Å². The molecule has 0 atom stereocenters. The highest BCUT2D eigenvalue weighted by Gasteiger charge is 2.20. The number of hydrogen-bond acceptors (Lipinski definition) is 4. The SMILES string of the molecule is Cc1ccc(-n2c(C)cc(C(=O)COC(=O)c3cc(=O)[nH]c4ccccc34)c2C)cc1C. The van der Waals surface area contributed by atoms with Gasteiger partial charge in [-0.15, -0.1) is 0 Å². The molecular formula is C26H24N2O4. The molecule has 0 spiro atoms. The van der Waals surface area contributed by atoms with Gasteiger partial charge in [-0.25, -0.2) is 4.79 Å². The number of carbonyl (C=O) groups excluding carboxylic acids is 2. The molecule has 162 valence electrons. The first-order valence-electron chi connectivity index (χ1n) is 10.3. The maximum absolute atomic E-state index is 12.9. The smallest absolute Gasteiger partial charge is 0.339 e. The lowest BCUT2D eigenvalue weighted by molar-refractivity contribution is 0.0476. The zero-order valence-corrected chi connectivity index (χ0v) is 18.5. The maximum atomic E-state index is 12.9. The minimum absolute atomic E-state index is 0.137. The molecule has 0 saturated heterocycles. The van der Waals surface area contributed by atoms with E-state index in [1.165, 1.54) is 17.2 Å². The van der Waals surface area contributed by atoms with Crippen molar-refractivity contribution in [3.63, 3.8) is 0 Å². The number of nitrogens with one attached hydrogen (secondary N) is 1. The normalized spacial score (nSPS) is 11.0. The summed E-state index contributed by atoms with van der Waals surface area (Å²) in [7, 11) is 0. The van der Waals surface area contributed by atoms with Crippen LogP contribution in [0.15, 0.2) is 59.4 Å². The number of aryl methyl sites for hydroxylation is 3. The topological polar surface area (TPSA) is 81.2 Å². The number of hydrogen-bond donors (Lipinski definition) is 1. The van der Waals surface area contributed by atoms with Crippen molar-refractivity contribution in [1.82, 2.24) is 9.55 Å². The number of benzene rings is 2. The van der Waals surface area contributed by atoms with Crippen LogP contribution in [0.3, 0.4) is 0 Å². The number of pyridine rings is 1. The fraction of sp³-hybridized carbons (Fsp3) is 0.192. The zero-order chi connectivity index (χ0) is 23.0. The van der Waals surface area contributed by atoms with Gasteiger partial charge in [-0.1, -0.05) is 24.3 Å². The van der Waals surface area contributed by atoms with Gasteiger partial charge in [-0.3, -0.25) is 9.59 Å². The van der Waals surface area contributed by atoms with Crippen LogP contribution in [0.4, 0.5) is 0 Å². The number of H-pyrrole nitrogens is 1. The number of fused-ring (bicyclic) bond motifs is 1. The fourth-order valence-electron chi connectivity index (χ4n) is 3.97. The number of rotatable bonds is 5. The summed E-state index contributed by atoms with van der Waals surface area (Å²) in [6, 6.07) is 16.1. The first-order valence-corrected chi connectivity index (χ1v) is 10.3. The molecule has 4 rings (SSSR count). The van der Waals surface area contributed by atoms with Gasteiger partial charge in [-0.05, 0) is 63.1 Å². The van der Waals surface area contributed by atoms with E-state index in [1.807, 2.05) is 30.5 Å². The van der Waals surface area contributed by atoms with Gasteiger partial charge in [0.1, 0.15) is 0 Å². The zero-order valence-electron chi connectivity index (χ0n) is 18.5. The number of esters is 1. The molecule has 2 aromatic carbocycles. The van der Waals surface area contributed by atoms with Gasteiger partial charge in [0.25, 0.3) is 0 Å². The summed E-state index contributed by atoms with van der Waals surface area (Å²) in [6.07, 6.45) is 0. The van der Waals surface area contributed by atoms with Crippen molar-refractivity contribution >= 4 is 22.7 Å². The molecule has 0 aliphatic rings.